The average Bonchev–Trinajstić information content (AvgIpc) is 0.794. The number of nitrogens with zero attached hydrogens (tertiary/aromatic N) is 4. The van der Waals surface area contributed by atoms with Gasteiger partial charge in [0.2, 0.25) is 59.1 Å². The lowest BCUT2D eigenvalue weighted by Crippen LogP contribution is -2.59. The number of thiol groups is 1. The second kappa shape index (κ2) is 50.9. The Kier molecular flexibility index (Phi) is 43.8. The van der Waals surface area contributed by atoms with Crippen molar-refractivity contribution in [1.29, 1.82) is 0 Å². The van der Waals surface area contributed by atoms with Gasteiger partial charge in [-0.3, -0.25) is 77.0 Å². The Morgan fingerprint density at radius 3 is 1.11 bits per heavy atom. The Morgan fingerprint density at radius 2 is 0.770 bits per heavy atom. The van der Waals surface area contributed by atoms with Crippen LogP contribution in [-0.4, -0.2) is 373 Å². The summed E-state index contributed by atoms with van der Waals surface area (Å²) in [7, 11) is 0. The van der Waals surface area contributed by atoms with E-state index in [4.69, 9.17) is 10.8 Å². The molecule has 11 amide bonds. The van der Waals surface area contributed by atoms with Gasteiger partial charge in [-0.05, 0) is 62.8 Å². The van der Waals surface area contributed by atoms with Crippen LogP contribution in [0.3, 0.4) is 0 Å². The molecule has 55 heteroatoms. The maximum Gasteiger partial charge on any atom is 0.471 e. The number of aromatic amines is 1. The number of aliphatic hydroxyl groups is 15. The van der Waals surface area contributed by atoms with Gasteiger partial charge in [0.15, 0.2) is 11.2 Å². The number of aliphatic carboxylic acids is 4. The number of carboxylic acid groups (broad SMARTS) is 4. The number of benzene rings is 1. The summed E-state index contributed by atoms with van der Waals surface area (Å²) in [5.74, 6) is -24.3. The zero-order valence-corrected chi connectivity index (χ0v) is 64.9. The number of hydrogen-bond donors (Lipinski definition) is 32. The molecule has 0 fully saturated rings. The fourth-order valence-electron chi connectivity index (χ4n) is 10.7. The number of hydrogen-bond acceptors (Lipinski definition) is 36. The number of nitrogens with two attached hydrogens (primary N) is 1. The second-order valence-electron chi connectivity index (χ2n) is 27.1. The van der Waals surface area contributed by atoms with Crippen molar-refractivity contribution in [2.24, 2.45) is 0 Å². The Balaban J connectivity index is 2.10. The van der Waals surface area contributed by atoms with E-state index in [-0.39, 0.29) is 22.2 Å². The molecule has 0 aliphatic carbocycles. The number of anilines is 2. The molecule has 32 N–H and O–H groups in total. The summed E-state index contributed by atoms with van der Waals surface area (Å²) in [6, 6.07) is -11.6. The van der Waals surface area contributed by atoms with Crippen LogP contribution in [0.15, 0.2) is 35.3 Å². The molecule has 3 aromatic rings. The number of carbonyl (C=O) groups excluding carboxylic acids is 11. The van der Waals surface area contributed by atoms with E-state index >= 15 is 0 Å². The molecular formula is C67H97F3N16O35S. The van der Waals surface area contributed by atoms with Crippen LogP contribution in [0.25, 0.3) is 11.2 Å². The number of amides is 11. The molecule has 0 radical (unpaired) electrons. The maximum absolute atomic E-state index is 14.6. The summed E-state index contributed by atoms with van der Waals surface area (Å²) in [6.45, 7) is -7.16. The number of halogens is 3. The van der Waals surface area contributed by atoms with Gasteiger partial charge < -0.3 is 156 Å². The molecule has 122 heavy (non-hydrogen) atoms. The van der Waals surface area contributed by atoms with Crippen LogP contribution < -0.4 is 69.4 Å². The highest BCUT2D eigenvalue weighted by atomic mass is 32.1. The number of H-pyrrole nitrogens is 1. The SMILES string of the molecule is Nc1nc2ncc(CN(C(=O)C(F)(F)F)c3ccc(C(=O)N[C@H](CCC(=O)N[C@@H](CCC(=O)NC[C@H](O)[C@@H](O)[C@H](O)[C@H](O)CO)C(=O)N[C@H](CCC(=O)O)C(=O)N[C@@H](CCC(=O)NC[C@H](O)[C@@H](O)[C@H](O)[C@H](O)CO)C(=O)N[C@H](CCC(=O)O)C(=O)N[C@@H](CCC(=O)NC[C@H](O)[C@@H](O)[C@H](O)[C@H](O)CO)C(=O)N[C@H](CS)C(=O)O)C(=O)O)cc3)nc2c(=O)[nH]1. The lowest BCUT2D eigenvalue weighted by molar-refractivity contribution is -0.170. The topological polar surface area (TPSA) is 862 Å². The summed E-state index contributed by atoms with van der Waals surface area (Å²) in [5, 5.41) is 209. The van der Waals surface area contributed by atoms with E-state index in [1.54, 1.807) is 0 Å². The largest absolute Gasteiger partial charge is 0.481 e. The van der Waals surface area contributed by atoms with Gasteiger partial charge in [0.25, 0.3) is 11.5 Å². The minimum absolute atomic E-state index is 0.133. The Hall–Kier alpha value is -11.2. The van der Waals surface area contributed by atoms with Crippen LogP contribution in [0.4, 0.5) is 24.8 Å². The van der Waals surface area contributed by atoms with Crippen molar-refractivity contribution in [2.45, 2.75) is 205 Å². The zero-order valence-electron chi connectivity index (χ0n) is 64.0. The number of nitrogens with one attached hydrogen (secondary N) is 11. The number of carbonyl (C=O) groups is 15. The molecule has 3 rings (SSSR count). The number of rotatable bonds is 55. The molecule has 2 heterocycles. The predicted octanol–water partition coefficient (Wildman–Crippen LogP) is -14.0. The first-order valence-corrected chi connectivity index (χ1v) is 37.1. The summed E-state index contributed by atoms with van der Waals surface area (Å²) in [4.78, 5) is 227. The smallest absolute Gasteiger partial charge is 0.471 e. The molecule has 0 unspecified atom stereocenters. The molecule has 0 spiro atoms. The molecular weight excluding hydrogens is 1680 g/mol. The minimum atomic E-state index is -5.55. The lowest BCUT2D eigenvalue weighted by atomic mass is 10.0. The monoisotopic (exact) mass is 1770 g/mol. The standard InChI is InChI=1S/C67H97F3N16O35S/c68-67(69,70)65(121)86(21-27-17-75-55-48(76-27)62(116)85-66(71)84-55)28-3-1-26(2-4-28)56(110)82-34(63(117)118)8-14-45(99)77-29(5-11-42(96)72-18-36(90)49(104)52(107)39(93)22-87)57(111)80-32(9-15-46(100)101)59(113)78-30(6-12-43(97)73-19-37(91)50(105)53(108)40(94)23-88)58(112)81-33(10-16-47(102)103)60(114)79-31(61(115)83-35(25-122)64(119)120)7-13-44(98)74-20-38(92)51(106)54(109)41(95)24-89/h1-4,17,29-41,49-54,87-95,104-109,122H,5-16,18-25H2,(H,72,96)(H,73,97)(H,74,98)(H,77,99)(H,78,113)(H,79,114)(H,80,111)(H,81,112)(H,82,110)(H,83,115)(H,100,101)(H,102,103)(H,117,118)(H,119,120)(H3,71,75,84,85,116)/t29-,30-,31-,32+,33+,34+,35+,36-,37-,38-,39+,40+,41+,49+,50+,51+,52+,53+,54+/m0/s1. The van der Waals surface area contributed by atoms with Crippen molar-refractivity contribution < 1.29 is 182 Å². The summed E-state index contributed by atoms with van der Waals surface area (Å²) < 4.78 is 42.0. The van der Waals surface area contributed by atoms with E-state index in [1.807, 2.05) is 5.32 Å². The quantitative estimate of drug-likeness (QED) is 0.0233. The maximum atomic E-state index is 14.6. The second-order valence-corrected chi connectivity index (χ2v) is 27.4. The number of aromatic nitrogens is 4. The van der Waals surface area contributed by atoms with Gasteiger partial charge in [0, 0.05) is 75.2 Å². The van der Waals surface area contributed by atoms with Gasteiger partial charge in [-0.1, -0.05) is 0 Å². The lowest BCUT2D eigenvalue weighted by Gasteiger charge is -2.28. The molecule has 682 valence electrons. The third kappa shape index (κ3) is 34.7. The number of alkyl halides is 3. The average molecular weight is 1780 g/mol. The molecule has 19 atom stereocenters. The van der Waals surface area contributed by atoms with Crippen molar-refractivity contribution in [3.05, 3.63) is 52.1 Å². The molecule has 0 aliphatic rings. The van der Waals surface area contributed by atoms with E-state index in [0.29, 0.717) is 0 Å². The van der Waals surface area contributed by atoms with E-state index < -0.39 is 362 Å². The fourth-order valence-corrected chi connectivity index (χ4v) is 10.9. The van der Waals surface area contributed by atoms with Gasteiger partial charge in [-0.15, -0.1) is 0 Å². The molecule has 0 saturated heterocycles. The molecule has 0 saturated carbocycles. The van der Waals surface area contributed by atoms with E-state index in [2.05, 4.69) is 80.4 Å². The van der Waals surface area contributed by atoms with Gasteiger partial charge in [-0.25, -0.2) is 19.6 Å². The van der Waals surface area contributed by atoms with Crippen molar-refractivity contribution in [3.63, 3.8) is 0 Å². The highest BCUT2D eigenvalue weighted by Crippen LogP contribution is 2.27. The first kappa shape index (κ1) is 105. The number of aliphatic hydroxyl groups excluding tert-OH is 15. The zero-order chi connectivity index (χ0) is 92.3. The third-order valence-corrected chi connectivity index (χ3v) is 18.1. The van der Waals surface area contributed by atoms with Crippen LogP contribution in [0.5, 0.6) is 0 Å². The van der Waals surface area contributed by atoms with E-state index in [1.165, 1.54) is 0 Å². The first-order valence-electron chi connectivity index (χ1n) is 36.5. The van der Waals surface area contributed by atoms with Crippen molar-refractivity contribution in [1.82, 2.24) is 73.1 Å². The molecule has 2 aromatic heterocycles. The number of nitrogen functional groups attached to an aromatic ring is 1. The summed E-state index contributed by atoms with van der Waals surface area (Å²) in [5.41, 5.74) is 2.34. The molecule has 0 bridgehead atoms. The predicted molar refractivity (Wildman–Crippen MR) is 401 cm³/mol. The van der Waals surface area contributed by atoms with Gasteiger partial charge >= 0.3 is 36.0 Å². The van der Waals surface area contributed by atoms with Crippen molar-refractivity contribution >= 4 is 124 Å². The fraction of sp³-hybridized carbons (Fsp3) is 0.597. The van der Waals surface area contributed by atoms with Crippen LogP contribution in [0, 0.1) is 0 Å². The Bertz CT molecular complexity index is 4150. The van der Waals surface area contributed by atoms with Gasteiger partial charge in [0.1, 0.15) is 97.2 Å². The Morgan fingerprint density at radius 1 is 0.443 bits per heavy atom. The highest BCUT2D eigenvalue weighted by molar-refractivity contribution is 7.80. The summed E-state index contributed by atoms with van der Waals surface area (Å²) in [6.07, 6.45) is -42.0. The van der Waals surface area contributed by atoms with Gasteiger partial charge in [0.05, 0.1) is 56.6 Å². The molecule has 51 nitrogen and oxygen atoms in total. The summed E-state index contributed by atoms with van der Waals surface area (Å²) >= 11 is 3.86. The highest BCUT2D eigenvalue weighted by Gasteiger charge is 2.44. The number of fused-ring (bicyclic) bond motifs is 1. The Labute approximate surface area is 690 Å². The molecule has 1 aromatic carbocycles. The third-order valence-electron chi connectivity index (χ3n) is 17.8. The van der Waals surface area contributed by atoms with Crippen molar-refractivity contribution in [2.75, 3.05) is 55.8 Å². The van der Waals surface area contributed by atoms with Crippen LogP contribution in [-0.2, 0) is 73.7 Å². The molecule has 0 aliphatic heterocycles. The van der Waals surface area contributed by atoms with E-state index in [9.17, 15) is 182 Å². The number of carboxylic acids is 4. The minimum Gasteiger partial charge on any atom is -0.481 e. The van der Waals surface area contributed by atoms with Crippen molar-refractivity contribution in [3.8, 4) is 0 Å². The van der Waals surface area contributed by atoms with E-state index in [0.717, 1.165) is 30.5 Å². The van der Waals surface area contributed by atoms with Gasteiger partial charge in [-0.2, -0.15) is 30.8 Å². The normalized spacial score (nSPS) is 16.2. The van der Waals surface area contributed by atoms with Crippen LogP contribution in [0.2, 0.25) is 0 Å². The van der Waals surface area contributed by atoms with Crippen LogP contribution >= 0.6 is 12.6 Å². The first-order chi connectivity index (χ1) is 57.1. The van der Waals surface area contributed by atoms with Crippen LogP contribution in [0.1, 0.15) is 93.1 Å².